The van der Waals surface area contributed by atoms with Gasteiger partial charge in [-0.3, -0.25) is 4.79 Å². The summed E-state index contributed by atoms with van der Waals surface area (Å²) in [6, 6.07) is 31.0. The number of Topliss-reactive ketones (excluding diaryl/α,β-unsaturated/α-hetero) is 1. The summed E-state index contributed by atoms with van der Waals surface area (Å²) in [5.74, 6) is 1.95. The third-order valence-corrected chi connectivity index (χ3v) is 8.40. The molecule has 0 bridgehead atoms. The molecule has 2 nitrogen and oxygen atoms in total. The highest BCUT2D eigenvalue weighted by Gasteiger charge is 2.26. The molecule has 0 unspecified atom stereocenters. The average Bonchev–Trinajstić information content (AvgIpc) is 2.72. The molecule has 0 amide bonds. The standard InChI is InChI=1S/C24H25O2P/c1-20(2)26-18-21(25)19-27(22-12-6-3-7-13-22,23-14-8-4-9-15-23)24-16-10-5-11-17-24/h3-17,19-20H,18H2,1-2H3. The van der Waals surface area contributed by atoms with Gasteiger partial charge >= 0.3 is 0 Å². The first-order valence-corrected chi connectivity index (χ1v) is 11.0. The molecule has 0 saturated heterocycles. The molecule has 0 aliphatic heterocycles. The third kappa shape index (κ3) is 4.47. The predicted molar refractivity (Wildman–Crippen MR) is 117 cm³/mol. The van der Waals surface area contributed by atoms with Crippen LogP contribution >= 0.6 is 6.89 Å². The van der Waals surface area contributed by atoms with Gasteiger partial charge in [-0.05, 0) is 42.4 Å². The quantitative estimate of drug-likeness (QED) is 0.587. The minimum absolute atomic E-state index is 0.0218. The van der Waals surface area contributed by atoms with Crippen LogP contribution in [0.15, 0.2) is 91.0 Å². The van der Waals surface area contributed by atoms with Crippen LogP contribution in [0.5, 0.6) is 0 Å². The maximum absolute atomic E-state index is 12.9. The van der Waals surface area contributed by atoms with Crippen LogP contribution in [0.25, 0.3) is 0 Å². The van der Waals surface area contributed by atoms with Crippen LogP contribution in [0.2, 0.25) is 0 Å². The third-order valence-electron chi connectivity index (χ3n) is 4.39. The lowest BCUT2D eigenvalue weighted by Crippen LogP contribution is -2.29. The molecule has 3 aromatic carbocycles. The van der Waals surface area contributed by atoms with E-state index in [1.54, 1.807) is 0 Å². The lowest BCUT2D eigenvalue weighted by Gasteiger charge is -2.28. The van der Waals surface area contributed by atoms with E-state index in [1.165, 1.54) is 15.9 Å². The van der Waals surface area contributed by atoms with Gasteiger partial charge in [-0.15, -0.1) is 0 Å². The summed E-state index contributed by atoms with van der Waals surface area (Å²) in [6.45, 7) is 1.77. The number of hydrogen-bond acceptors (Lipinski definition) is 2. The highest BCUT2D eigenvalue weighted by molar-refractivity contribution is 7.95. The molecule has 3 heteroatoms. The summed E-state index contributed by atoms with van der Waals surface area (Å²) < 4.78 is 5.59. The van der Waals surface area contributed by atoms with Crippen molar-refractivity contribution in [2.24, 2.45) is 0 Å². The van der Waals surface area contributed by atoms with E-state index in [0.29, 0.717) is 0 Å². The lowest BCUT2D eigenvalue weighted by molar-refractivity contribution is -0.117. The normalized spacial score (nSPS) is 11.4. The monoisotopic (exact) mass is 376 g/mol. The SMILES string of the molecule is CC(C)OCC(=O)C=P(c1ccccc1)(c1ccccc1)c1ccccc1. The number of benzene rings is 3. The summed E-state index contributed by atoms with van der Waals surface area (Å²) in [5.41, 5.74) is 0. The number of carbonyl (C=O) groups excluding carboxylic acids is 1. The molecular formula is C24H25O2P. The zero-order valence-corrected chi connectivity index (χ0v) is 16.7. The summed E-state index contributed by atoms with van der Waals surface area (Å²) in [7, 11) is 0. The smallest absolute Gasteiger partial charge is 0.182 e. The predicted octanol–water partition coefficient (Wildman–Crippen LogP) is 3.78. The van der Waals surface area contributed by atoms with Crippen molar-refractivity contribution >= 4 is 34.4 Å². The van der Waals surface area contributed by atoms with Crippen LogP contribution in [-0.4, -0.2) is 24.3 Å². The van der Waals surface area contributed by atoms with Crippen LogP contribution < -0.4 is 15.9 Å². The van der Waals surface area contributed by atoms with Gasteiger partial charge in [-0.25, -0.2) is 0 Å². The molecule has 0 saturated carbocycles. The summed E-state index contributed by atoms with van der Waals surface area (Å²) in [6.07, 6.45) is 0.0280. The largest absolute Gasteiger partial charge is 0.371 e. The van der Waals surface area contributed by atoms with E-state index in [2.05, 4.69) is 36.4 Å². The van der Waals surface area contributed by atoms with Crippen molar-refractivity contribution in [2.45, 2.75) is 20.0 Å². The Morgan fingerprint density at radius 1 is 0.778 bits per heavy atom. The Labute approximate surface area is 161 Å². The van der Waals surface area contributed by atoms with Crippen LogP contribution in [0, 0.1) is 0 Å². The Bertz CT molecular complexity index is 813. The van der Waals surface area contributed by atoms with Crippen LogP contribution in [-0.2, 0) is 9.53 Å². The van der Waals surface area contributed by atoms with Crippen LogP contribution in [0.1, 0.15) is 13.8 Å². The minimum atomic E-state index is -2.22. The van der Waals surface area contributed by atoms with E-state index < -0.39 is 6.89 Å². The van der Waals surface area contributed by atoms with Crippen molar-refractivity contribution in [3.63, 3.8) is 0 Å². The van der Waals surface area contributed by atoms with Gasteiger partial charge < -0.3 is 4.74 Å². The van der Waals surface area contributed by atoms with E-state index in [9.17, 15) is 4.79 Å². The fourth-order valence-electron chi connectivity index (χ4n) is 3.16. The van der Waals surface area contributed by atoms with Crippen molar-refractivity contribution in [3.8, 4) is 0 Å². The Hall–Kier alpha value is -2.41. The molecule has 0 aliphatic rings. The van der Waals surface area contributed by atoms with E-state index in [4.69, 9.17) is 4.74 Å². The van der Waals surface area contributed by atoms with Gasteiger partial charge in [-0.2, -0.15) is 0 Å². The molecular weight excluding hydrogens is 351 g/mol. The maximum Gasteiger partial charge on any atom is 0.182 e. The second kappa shape index (κ2) is 8.99. The first-order valence-electron chi connectivity index (χ1n) is 9.19. The summed E-state index contributed by atoms with van der Waals surface area (Å²) in [4.78, 5) is 12.9. The summed E-state index contributed by atoms with van der Waals surface area (Å²) >= 11 is 0. The summed E-state index contributed by atoms with van der Waals surface area (Å²) in [5, 5.41) is 3.50. The topological polar surface area (TPSA) is 26.3 Å². The molecule has 0 aromatic heterocycles. The highest BCUT2D eigenvalue weighted by Crippen LogP contribution is 2.43. The van der Waals surface area contributed by atoms with Crippen LogP contribution in [0.4, 0.5) is 0 Å². The first-order chi connectivity index (χ1) is 13.1. The van der Waals surface area contributed by atoms with Crippen LogP contribution in [0.3, 0.4) is 0 Å². The molecule has 0 heterocycles. The van der Waals surface area contributed by atoms with E-state index >= 15 is 0 Å². The number of ether oxygens (including phenoxy) is 1. The highest BCUT2D eigenvalue weighted by atomic mass is 31.2. The molecule has 3 aromatic rings. The van der Waals surface area contributed by atoms with Crippen molar-refractivity contribution < 1.29 is 9.53 Å². The second-order valence-electron chi connectivity index (χ2n) is 6.68. The Balaban J connectivity index is 2.28. The maximum atomic E-state index is 12.9. The molecule has 0 radical (unpaired) electrons. The van der Waals surface area contributed by atoms with Crippen molar-refractivity contribution in [3.05, 3.63) is 91.0 Å². The van der Waals surface area contributed by atoms with Gasteiger partial charge in [0.1, 0.15) is 6.61 Å². The Kier molecular flexibility index (Phi) is 6.45. The zero-order chi connectivity index (χ0) is 19.1. The second-order valence-corrected chi connectivity index (χ2v) is 9.94. The fourth-order valence-corrected chi connectivity index (χ4v) is 6.94. The molecule has 138 valence electrons. The van der Waals surface area contributed by atoms with Crippen molar-refractivity contribution in [2.75, 3.05) is 6.61 Å². The van der Waals surface area contributed by atoms with Crippen molar-refractivity contribution in [1.82, 2.24) is 0 Å². The fraction of sp³-hybridized carbons (Fsp3) is 0.167. The van der Waals surface area contributed by atoms with E-state index in [0.717, 1.165) is 0 Å². The molecule has 0 atom stereocenters. The zero-order valence-electron chi connectivity index (χ0n) is 15.8. The van der Waals surface area contributed by atoms with Gasteiger partial charge in [0.05, 0.1) is 6.10 Å². The number of rotatable bonds is 7. The number of hydrogen-bond donors (Lipinski definition) is 0. The van der Waals surface area contributed by atoms with Gasteiger partial charge in [0, 0.05) is 0 Å². The van der Waals surface area contributed by atoms with Crippen molar-refractivity contribution in [1.29, 1.82) is 0 Å². The van der Waals surface area contributed by atoms with Gasteiger partial charge in [-0.1, -0.05) is 91.0 Å². The molecule has 0 N–H and O–H groups in total. The van der Waals surface area contributed by atoms with Gasteiger partial charge in [0.2, 0.25) is 0 Å². The van der Waals surface area contributed by atoms with Gasteiger partial charge in [0.15, 0.2) is 5.78 Å². The minimum Gasteiger partial charge on any atom is -0.371 e. The van der Waals surface area contributed by atoms with E-state index in [1.807, 2.05) is 74.2 Å². The Morgan fingerprint density at radius 2 is 1.15 bits per heavy atom. The Morgan fingerprint density at radius 3 is 1.48 bits per heavy atom. The number of carbonyl (C=O) groups is 1. The molecule has 0 fully saturated rings. The molecule has 0 spiro atoms. The first kappa shape index (κ1) is 19.4. The van der Waals surface area contributed by atoms with Gasteiger partial charge in [0.25, 0.3) is 0 Å². The molecule has 0 aliphatic carbocycles. The lowest BCUT2D eigenvalue weighted by atomic mass is 10.4. The molecule has 3 rings (SSSR count). The average molecular weight is 376 g/mol. The van der Waals surface area contributed by atoms with E-state index in [-0.39, 0.29) is 18.5 Å². The molecule has 27 heavy (non-hydrogen) atoms. The number of ketones is 1.